The third-order valence-corrected chi connectivity index (χ3v) is 15.4. The number of carbonyl (C=O) groups excluding carboxylic acids is 10. The van der Waals surface area contributed by atoms with Gasteiger partial charge < -0.3 is 131 Å². The van der Waals surface area contributed by atoms with E-state index in [-0.39, 0.29) is 147 Å². The van der Waals surface area contributed by atoms with Gasteiger partial charge in [-0.1, -0.05) is 13.8 Å². The highest BCUT2D eigenvalue weighted by atomic mass is 16.4. The predicted octanol–water partition coefficient (Wildman–Crippen LogP) is -8.85. The number of nitrogens with one attached hydrogen (secondary N) is 9. The average Bonchev–Trinajstić information content (AvgIpc) is 1.61. The summed E-state index contributed by atoms with van der Waals surface area (Å²) < 4.78 is 0. The van der Waals surface area contributed by atoms with Crippen LogP contribution in [0.5, 0.6) is 0 Å². The van der Waals surface area contributed by atoms with E-state index in [4.69, 9.17) is 63.1 Å². The Morgan fingerprint density at radius 3 is 1.05 bits per heavy atom. The number of unbranched alkanes of at least 4 members (excludes halogenated alkanes) is 2. The lowest BCUT2D eigenvalue weighted by Crippen LogP contribution is -2.60. The van der Waals surface area contributed by atoms with Crippen molar-refractivity contribution in [2.45, 2.75) is 216 Å². The van der Waals surface area contributed by atoms with E-state index in [2.05, 4.69) is 67.8 Å². The SMILES string of the molecule is CC(C)[C@H](NC(=O)[C@H](C)NC(=O)[C@H](CCCCN)NC(=O)[C@H](CCCCN)NC(=O)[C@H](CCCN=C(N)N)NC(=O)[C@H](CCCN=C(N)N)NC(=O)[C@H](CCCN=C(N)N)NC(=O)[C@H](CCC(=O)O)NC(=O)[C@H](CCCN=C(N)N)NC(=O)[C@@H]1CCCN1C(=O)[C@@H](N)[C@@H](C)O)C(=O)O. The van der Waals surface area contributed by atoms with Gasteiger partial charge in [0.2, 0.25) is 59.1 Å². The number of carboxylic acids is 2. The molecule has 1 rings (SSSR count). The lowest BCUT2D eigenvalue weighted by Gasteiger charge is -2.30. The third-order valence-electron chi connectivity index (χ3n) is 15.4. The Labute approximate surface area is 569 Å². The fourth-order valence-electron chi connectivity index (χ4n) is 9.92. The van der Waals surface area contributed by atoms with Crippen LogP contribution in [-0.4, -0.2) is 233 Å². The Balaban J connectivity index is 3.88. The third kappa shape index (κ3) is 34.5. The molecule has 0 aliphatic carbocycles. The highest BCUT2D eigenvalue weighted by Gasteiger charge is 2.40. The summed E-state index contributed by atoms with van der Waals surface area (Å²) in [4.78, 5) is 182. The molecule has 40 nitrogen and oxygen atoms in total. The number of aliphatic hydroxyl groups is 1. The number of guanidine groups is 4. The number of nitrogens with zero attached hydrogens (tertiary/aromatic N) is 5. The van der Waals surface area contributed by atoms with Gasteiger partial charge in [-0.25, -0.2) is 4.79 Å². The topological polar surface area (TPSA) is 713 Å². The van der Waals surface area contributed by atoms with Gasteiger partial charge in [0.1, 0.15) is 66.5 Å². The summed E-state index contributed by atoms with van der Waals surface area (Å²) in [5, 5.41) is 52.5. The number of amides is 10. The van der Waals surface area contributed by atoms with Crippen molar-refractivity contribution < 1.29 is 72.9 Å². The molecule has 1 aliphatic heterocycles. The second kappa shape index (κ2) is 46.7. The monoisotopic (exact) mass is 1400 g/mol. The van der Waals surface area contributed by atoms with Crippen LogP contribution in [0.25, 0.3) is 0 Å². The summed E-state index contributed by atoms with van der Waals surface area (Å²) in [6.07, 6.45) is -1.46. The zero-order valence-corrected chi connectivity index (χ0v) is 56.5. The van der Waals surface area contributed by atoms with Crippen LogP contribution in [0.15, 0.2) is 20.0 Å². The molecular formula is C58H109N25O15. The molecule has 10 amide bonds. The Bertz CT molecular complexity index is 2740. The molecule has 1 fully saturated rings. The van der Waals surface area contributed by atoms with Crippen molar-refractivity contribution in [1.82, 2.24) is 52.8 Å². The molecule has 0 aromatic carbocycles. The maximum absolute atomic E-state index is 14.7. The van der Waals surface area contributed by atoms with Crippen LogP contribution in [0.4, 0.5) is 0 Å². The van der Waals surface area contributed by atoms with Crippen molar-refractivity contribution in [2.24, 2.45) is 89.0 Å². The molecule has 12 atom stereocenters. The molecular weight excluding hydrogens is 1290 g/mol. The number of aliphatic hydroxyl groups excluding tert-OH is 1. The predicted molar refractivity (Wildman–Crippen MR) is 362 cm³/mol. The summed E-state index contributed by atoms with van der Waals surface area (Å²) in [5.41, 5.74) is 61.9. The van der Waals surface area contributed by atoms with Crippen LogP contribution < -0.4 is 111 Å². The first-order valence-electron chi connectivity index (χ1n) is 32.7. The highest BCUT2D eigenvalue weighted by molar-refractivity contribution is 5.99. The number of hydrogen-bond acceptors (Lipinski definition) is 20. The Morgan fingerprint density at radius 1 is 0.439 bits per heavy atom. The van der Waals surface area contributed by atoms with Gasteiger partial charge >= 0.3 is 11.9 Å². The number of aliphatic imine (C=N–C) groups is 4. The average molecular weight is 1400 g/mol. The second-order valence-electron chi connectivity index (χ2n) is 24.0. The quantitative estimate of drug-likeness (QED) is 0.0153. The van der Waals surface area contributed by atoms with Crippen LogP contribution in [0, 0.1) is 5.92 Å². The van der Waals surface area contributed by atoms with E-state index < -0.39 is 162 Å². The fraction of sp³-hybridized carbons (Fsp3) is 0.724. The fourth-order valence-corrected chi connectivity index (χ4v) is 9.92. The van der Waals surface area contributed by atoms with Gasteiger partial charge in [0.25, 0.3) is 0 Å². The molecule has 1 heterocycles. The van der Waals surface area contributed by atoms with E-state index in [9.17, 15) is 72.9 Å². The Morgan fingerprint density at radius 2 is 0.755 bits per heavy atom. The first-order valence-corrected chi connectivity index (χ1v) is 32.7. The molecule has 40 heteroatoms. The van der Waals surface area contributed by atoms with Crippen molar-refractivity contribution in [1.29, 1.82) is 0 Å². The van der Waals surface area contributed by atoms with Crippen LogP contribution in [0.2, 0.25) is 0 Å². The van der Waals surface area contributed by atoms with Crippen LogP contribution in [-0.2, 0) is 57.5 Å². The van der Waals surface area contributed by atoms with Gasteiger partial charge in [-0.15, -0.1) is 0 Å². The molecule has 1 saturated heterocycles. The highest BCUT2D eigenvalue weighted by Crippen LogP contribution is 2.20. The Hall–Kier alpha value is -9.44. The van der Waals surface area contributed by atoms with E-state index in [0.29, 0.717) is 25.7 Å². The largest absolute Gasteiger partial charge is 0.481 e. The minimum atomic E-state index is -1.73. The first-order chi connectivity index (χ1) is 46.1. The van der Waals surface area contributed by atoms with Gasteiger partial charge in [-0.3, -0.25) is 72.7 Å². The number of hydrogen-bond donors (Lipinski definition) is 23. The number of carboxylic acid groups (broad SMARTS) is 2. The van der Waals surface area contributed by atoms with Gasteiger partial charge in [-0.2, -0.15) is 0 Å². The number of aliphatic carboxylic acids is 2. The van der Waals surface area contributed by atoms with Crippen molar-refractivity contribution in [3.63, 3.8) is 0 Å². The van der Waals surface area contributed by atoms with Crippen LogP contribution in [0.1, 0.15) is 143 Å². The molecule has 98 heavy (non-hydrogen) atoms. The summed E-state index contributed by atoms with van der Waals surface area (Å²) in [6, 6.07) is -15.7. The second-order valence-corrected chi connectivity index (χ2v) is 24.0. The molecule has 0 spiro atoms. The molecule has 0 aromatic heterocycles. The summed E-state index contributed by atoms with van der Waals surface area (Å²) in [6.45, 7) is 6.05. The summed E-state index contributed by atoms with van der Waals surface area (Å²) in [5.74, 6) is -13.5. The van der Waals surface area contributed by atoms with E-state index in [1.807, 2.05) is 0 Å². The first kappa shape index (κ1) is 86.6. The standard InChI is InChI=1S/C58H109N25O15/c1-30(2)43(54(97)98)82-44(87)31(3)74-45(88)33(14-5-7-23-59)75-46(89)34(15-6-8-24-60)76-47(90)35(16-9-25-70-55(62)63)77-48(91)36(17-10-26-71-56(64)65)78-49(92)37(18-11-27-72-57(66)67)79-51(94)39(21-22-41(85)86)80-50(93)38(19-12-28-73-58(68)69)81-52(95)40-20-13-29-83(40)53(96)42(61)32(4)84/h30-40,42-43,84H,5-29,59-61H2,1-4H3,(H,74,88)(H,75,89)(H,76,90)(H,77,91)(H,78,92)(H,79,94)(H,80,93)(H,81,95)(H,82,87)(H,85,86)(H,97,98)(H4,62,63,70)(H4,64,65,71)(H4,66,67,72)(H4,68,69,73)/t31-,32+,33-,34-,35-,36-,37-,38-,39-,40-,42-,43-/m0/s1. The minimum Gasteiger partial charge on any atom is -0.481 e. The zero-order valence-electron chi connectivity index (χ0n) is 56.5. The molecule has 556 valence electrons. The number of rotatable bonds is 49. The molecule has 34 N–H and O–H groups in total. The van der Waals surface area contributed by atoms with Gasteiger partial charge in [0.15, 0.2) is 23.8 Å². The van der Waals surface area contributed by atoms with Gasteiger partial charge in [-0.05, 0) is 142 Å². The number of likely N-dealkylation sites (tertiary alicyclic amines) is 1. The van der Waals surface area contributed by atoms with Gasteiger partial charge in [0.05, 0.1) is 6.10 Å². The zero-order chi connectivity index (χ0) is 74.2. The number of nitrogens with two attached hydrogens (primary N) is 11. The molecule has 1 aliphatic rings. The molecule has 0 aromatic rings. The van der Waals surface area contributed by atoms with Gasteiger partial charge in [0, 0.05) is 39.1 Å². The Kier molecular flexibility index (Phi) is 41.2. The molecule has 0 saturated carbocycles. The molecule has 0 radical (unpaired) electrons. The van der Waals surface area contributed by atoms with E-state index in [0.717, 1.165) is 0 Å². The maximum atomic E-state index is 14.7. The van der Waals surface area contributed by atoms with Crippen LogP contribution in [0.3, 0.4) is 0 Å². The normalized spacial score (nSPS) is 15.9. The van der Waals surface area contributed by atoms with Crippen LogP contribution >= 0.6 is 0 Å². The minimum absolute atomic E-state index is 0.00421. The van der Waals surface area contributed by atoms with Crippen molar-refractivity contribution >= 4 is 94.8 Å². The van der Waals surface area contributed by atoms with Crippen molar-refractivity contribution in [2.75, 3.05) is 45.8 Å². The summed E-state index contributed by atoms with van der Waals surface area (Å²) in [7, 11) is 0. The van der Waals surface area contributed by atoms with E-state index in [1.54, 1.807) is 13.8 Å². The number of carbonyl (C=O) groups is 12. The lowest BCUT2D eigenvalue weighted by atomic mass is 10.0. The molecule has 0 bridgehead atoms. The summed E-state index contributed by atoms with van der Waals surface area (Å²) >= 11 is 0. The van der Waals surface area contributed by atoms with Crippen molar-refractivity contribution in [3.8, 4) is 0 Å². The maximum Gasteiger partial charge on any atom is 0.326 e. The van der Waals surface area contributed by atoms with E-state index in [1.165, 1.54) is 18.7 Å². The van der Waals surface area contributed by atoms with Crippen molar-refractivity contribution in [3.05, 3.63) is 0 Å². The van der Waals surface area contributed by atoms with E-state index >= 15 is 0 Å². The molecule has 0 unspecified atom stereocenters. The smallest absolute Gasteiger partial charge is 0.326 e. The lowest BCUT2D eigenvalue weighted by molar-refractivity contribution is -0.143.